The van der Waals surface area contributed by atoms with Crippen molar-refractivity contribution < 1.29 is 23.3 Å². The molecule has 26 heavy (non-hydrogen) atoms. The minimum Gasteiger partial charge on any atom is -0.323 e. The predicted molar refractivity (Wildman–Crippen MR) is 97.6 cm³/mol. The Labute approximate surface area is 154 Å². The number of urea groups is 1. The average Bonchev–Trinajstić information content (AvgIpc) is 3.07. The fraction of sp³-hybridized carbons (Fsp3) is 0.333. The van der Waals surface area contributed by atoms with Crippen LogP contribution in [0.4, 0.5) is 14.9 Å². The lowest BCUT2D eigenvalue weighted by Gasteiger charge is -2.25. The van der Waals surface area contributed by atoms with Crippen molar-refractivity contribution >= 4 is 41.0 Å². The van der Waals surface area contributed by atoms with Crippen LogP contribution in [0.3, 0.4) is 0 Å². The minimum absolute atomic E-state index is 0.124. The Bertz CT molecular complexity index is 817. The Morgan fingerprint density at radius 3 is 2.65 bits per heavy atom. The summed E-state index contributed by atoms with van der Waals surface area (Å²) in [5.41, 5.74) is 0.966. The van der Waals surface area contributed by atoms with Crippen LogP contribution < -0.4 is 5.32 Å². The van der Waals surface area contributed by atoms with Gasteiger partial charge in [0, 0.05) is 5.69 Å². The zero-order valence-corrected chi connectivity index (χ0v) is 15.3. The Balaban J connectivity index is 1.81. The molecule has 1 N–H and O–H groups in total. The lowest BCUT2D eigenvalue weighted by molar-refractivity contribution is -0.426. The van der Waals surface area contributed by atoms with Crippen molar-refractivity contribution in [2.24, 2.45) is 5.92 Å². The molecule has 2 heterocycles. The Morgan fingerprint density at radius 2 is 2.00 bits per heavy atom. The molecule has 1 atom stereocenters. The fourth-order valence-electron chi connectivity index (χ4n) is 2.82. The van der Waals surface area contributed by atoms with Gasteiger partial charge in [0.15, 0.2) is 11.8 Å². The summed E-state index contributed by atoms with van der Waals surface area (Å²) in [5, 5.41) is 3.90. The largest absolute Gasteiger partial charge is 0.501 e. The van der Waals surface area contributed by atoms with E-state index in [9.17, 15) is 18.8 Å². The van der Waals surface area contributed by atoms with Crippen LogP contribution in [0.2, 0.25) is 0 Å². The van der Waals surface area contributed by atoms with Gasteiger partial charge in [-0.2, -0.15) is 14.3 Å². The van der Waals surface area contributed by atoms with Crippen molar-refractivity contribution in [3.05, 3.63) is 41.6 Å². The molecule has 4 amide bonds. The zero-order valence-electron chi connectivity index (χ0n) is 14.4. The maximum Gasteiger partial charge on any atom is 0.501 e. The van der Waals surface area contributed by atoms with E-state index >= 15 is 0 Å². The van der Waals surface area contributed by atoms with Gasteiger partial charge >= 0.3 is 11.9 Å². The highest BCUT2D eigenvalue weighted by Crippen LogP contribution is 2.28. The van der Waals surface area contributed by atoms with Crippen LogP contribution in [0.5, 0.6) is 0 Å². The van der Waals surface area contributed by atoms with E-state index in [0.717, 1.165) is 0 Å². The molecular formula is C18H19FN3O3S+. The van der Waals surface area contributed by atoms with Crippen LogP contribution in [0.1, 0.15) is 13.8 Å². The lowest BCUT2D eigenvalue weighted by atomic mass is 10.1. The van der Waals surface area contributed by atoms with E-state index in [1.165, 1.54) is 45.5 Å². The average molecular weight is 376 g/mol. The van der Waals surface area contributed by atoms with Gasteiger partial charge in [-0.25, -0.2) is 9.18 Å². The number of anilines is 1. The van der Waals surface area contributed by atoms with Gasteiger partial charge in [0.2, 0.25) is 0 Å². The fourth-order valence-corrected chi connectivity index (χ4v) is 3.79. The number of carbonyl (C=O) groups is 3. The second-order valence-corrected chi connectivity index (χ2v) is 7.53. The number of hydrogen-bond donors (Lipinski definition) is 1. The van der Waals surface area contributed by atoms with E-state index in [2.05, 4.69) is 5.32 Å². The molecule has 0 bridgehead atoms. The number of nitrogens with zero attached hydrogens (tertiary/aromatic N) is 2. The number of hydrogen-bond acceptors (Lipinski definition) is 4. The highest BCUT2D eigenvalue weighted by Gasteiger charge is 2.49. The van der Waals surface area contributed by atoms with Crippen molar-refractivity contribution in [1.29, 1.82) is 0 Å². The van der Waals surface area contributed by atoms with Crippen molar-refractivity contribution in [3.8, 4) is 0 Å². The molecule has 0 aliphatic carbocycles. The summed E-state index contributed by atoms with van der Waals surface area (Å²) >= 11 is 1.33. The number of allylic oxidation sites excluding steroid dienone is 1. The number of nitrogens with one attached hydrogen (secondary N) is 1. The minimum atomic E-state index is -0.495. The van der Waals surface area contributed by atoms with Crippen LogP contribution in [0, 0.1) is 11.7 Å². The Kier molecular flexibility index (Phi) is 5.22. The molecule has 0 fully saturated rings. The maximum atomic E-state index is 13.0. The van der Waals surface area contributed by atoms with Gasteiger partial charge in [0.05, 0.1) is 6.54 Å². The monoisotopic (exact) mass is 376 g/mol. The quantitative estimate of drug-likeness (QED) is 0.802. The molecule has 1 aromatic carbocycles. The number of halogens is 1. The van der Waals surface area contributed by atoms with E-state index in [0.29, 0.717) is 17.9 Å². The normalized spacial score (nSPS) is 19.4. The summed E-state index contributed by atoms with van der Waals surface area (Å²) < 4.78 is 14.3. The lowest BCUT2D eigenvalue weighted by Crippen LogP contribution is -2.57. The number of fused-ring (bicyclic) bond motifs is 1. The van der Waals surface area contributed by atoms with E-state index in [4.69, 9.17) is 0 Å². The van der Waals surface area contributed by atoms with Crippen LogP contribution >= 0.6 is 11.8 Å². The summed E-state index contributed by atoms with van der Waals surface area (Å²) in [6.07, 6.45) is 1.70. The van der Waals surface area contributed by atoms with Crippen LogP contribution in [0.15, 0.2) is 35.7 Å². The number of rotatable bonds is 5. The number of carbonyl (C=O) groups excluding carboxylic acids is 3. The third-order valence-corrected chi connectivity index (χ3v) is 4.97. The molecule has 0 aromatic heterocycles. The van der Waals surface area contributed by atoms with Gasteiger partial charge in [-0.3, -0.25) is 4.79 Å². The number of benzene rings is 1. The van der Waals surface area contributed by atoms with Crippen molar-refractivity contribution in [1.82, 2.24) is 4.90 Å². The second-order valence-electron chi connectivity index (χ2n) is 6.51. The third-order valence-electron chi connectivity index (χ3n) is 3.96. The Hall–Kier alpha value is -2.48. The molecule has 6 nitrogen and oxygen atoms in total. The molecular weight excluding hydrogens is 357 g/mol. The summed E-state index contributed by atoms with van der Waals surface area (Å²) in [7, 11) is 0. The first kappa shape index (κ1) is 18.3. The number of imide groups is 1. The maximum absolute atomic E-state index is 13.0. The van der Waals surface area contributed by atoms with Crippen LogP contribution in [-0.2, 0) is 9.59 Å². The summed E-state index contributed by atoms with van der Waals surface area (Å²) in [6.45, 7) is 3.93. The highest BCUT2D eigenvalue weighted by molar-refractivity contribution is 8.04. The van der Waals surface area contributed by atoms with Gasteiger partial charge < -0.3 is 5.32 Å². The summed E-state index contributed by atoms with van der Waals surface area (Å²) in [6, 6.07) is 4.89. The van der Waals surface area contributed by atoms with Gasteiger partial charge in [-0.1, -0.05) is 13.8 Å². The first-order valence-corrected chi connectivity index (χ1v) is 9.18. The molecule has 136 valence electrons. The molecule has 3 rings (SSSR count). The SMILES string of the molecule is CC(C)CN1C(=O)C2SC=CC2=[N+](CC(=O)Nc2ccc(F)cc2)C1=O. The van der Waals surface area contributed by atoms with Crippen molar-refractivity contribution in [2.75, 3.05) is 18.4 Å². The molecule has 0 radical (unpaired) electrons. The standard InChI is InChI=1S/C18H18FN3O3S/c1-11(2)9-22-17(24)16-14(7-8-26-16)21(18(22)25)10-15(23)20-13-5-3-12(19)4-6-13/h3-8,11,16H,9-10H2,1-2H3/p+1. The van der Waals surface area contributed by atoms with E-state index < -0.39 is 23.0 Å². The van der Waals surface area contributed by atoms with Crippen molar-refractivity contribution in [3.63, 3.8) is 0 Å². The molecule has 0 spiro atoms. The third kappa shape index (κ3) is 3.70. The first-order valence-electron chi connectivity index (χ1n) is 8.24. The molecule has 2 aliphatic rings. The topological polar surface area (TPSA) is 69.5 Å². The van der Waals surface area contributed by atoms with Crippen molar-refractivity contribution in [2.45, 2.75) is 19.1 Å². The van der Waals surface area contributed by atoms with E-state index in [-0.39, 0.29) is 18.4 Å². The van der Waals surface area contributed by atoms with Crippen LogP contribution in [-0.4, -0.2) is 51.4 Å². The number of amides is 4. The summed E-state index contributed by atoms with van der Waals surface area (Å²) in [5.74, 6) is -0.938. The van der Waals surface area contributed by atoms with Gasteiger partial charge in [0.1, 0.15) is 11.5 Å². The molecule has 0 saturated heterocycles. The number of thioether (sulfide) groups is 1. The van der Waals surface area contributed by atoms with Gasteiger partial charge in [-0.15, -0.1) is 11.8 Å². The molecule has 2 aliphatic heterocycles. The van der Waals surface area contributed by atoms with Gasteiger partial charge in [-0.05, 0) is 41.7 Å². The smallest absolute Gasteiger partial charge is 0.323 e. The molecule has 1 unspecified atom stereocenters. The second kappa shape index (κ2) is 7.41. The van der Waals surface area contributed by atoms with Crippen LogP contribution in [0.25, 0.3) is 0 Å². The highest BCUT2D eigenvalue weighted by atomic mass is 32.2. The zero-order chi connectivity index (χ0) is 18.8. The molecule has 1 aromatic rings. The van der Waals surface area contributed by atoms with Gasteiger partial charge in [0.25, 0.3) is 5.91 Å². The van der Waals surface area contributed by atoms with E-state index in [1.54, 1.807) is 11.5 Å². The first-order chi connectivity index (χ1) is 12.4. The molecule has 0 saturated carbocycles. The predicted octanol–water partition coefficient (Wildman–Crippen LogP) is 2.47. The summed E-state index contributed by atoms with van der Waals surface area (Å²) in [4.78, 5) is 38.9. The Morgan fingerprint density at radius 1 is 1.31 bits per heavy atom. The van der Waals surface area contributed by atoms with E-state index in [1.807, 2.05) is 13.8 Å². The molecule has 8 heteroatoms.